The van der Waals surface area contributed by atoms with Crippen molar-refractivity contribution in [3.63, 3.8) is 0 Å². The molecule has 0 radical (unpaired) electrons. The molecule has 0 spiro atoms. The first-order valence-electron chi connectivity index (χ1n) is 5.58. The molecule has 1 aliphatic carbocycles. The number of rotatable bonds is 2. The monoisotopic (exact) mass is 184 g/mol. The molecule has 0 aliphatic heterocycles. The molecule has 1 heteroatoms. The van der Waals surface area contributed by atoms with Gasteiger partial charge in [0.2, 0.25) is 0 Å². The second kappa shape index (κ2) is 3.61. The lowest BCUT2D eigenvalue weighted by molar-refractivity contribution is -0.0161. The number of aliphatic hydroxyl groups is 1. The molecular weight excluding hydrogens is 160 g/mol. The average molecular weight is 184 g/mol. The molecule has 0 aromatic carbocycles. The molecule has 1 aliphatic rings. The second-order valence-electron chi connectivity index (χ2n) is 5.57. The lowest BCUT2D eigenvalue weighted by Gasteiger charge is -2.34. The Labute approximate surface area is 82.5 Å². The fourth-order valence-corrected chi connectivity index (χ4v) is 3.23. The zero-order valence-electron chi connectivity index (χ0n) is 9.67. The van der Waals surface area contributed by atoms with E-state index in [0.29, 0.717) is 17.8 Å². The predicted octanol–water partition coefficient (Wildman–Crippen LogP) is 3.08. The van der Waals surface area contributed by atoms with E-state index >= 15 is 0 Å². The Morgan fingerprint density at radius 3 is 2.00 bits per heavy atom. The summed E-state index contributed by atoms with van der Waals surface area (Å²) in [5, 5.41) is 10.2. The van der Waals surface area contributed by atoms with Gasteiger partial charge in [0.05, 0.1) is 5.60 Å². The third-order valence-corrected chi connectivity index (χ3v) is 3.74. The molecule has 3 atom stereocenters. The van der Waals surface area contributed by atoms with Gasteiger partial charge in [-0.2, -0.15) is 0 Å². The molecule has 0 heterocycles. The van der Waals surface area contributed by atoms with Crippen LogP contribution < -0.4 is 0 Å². The molecule has 1 nitrogen and oxygen atoms in total. The highest BCUT2D eigenvalue weighted by atomic mass is 16.3. The zero-order valence-corrected chi connectivity index (χ0v) is 9.67. The Morgan fingerprint density at radius 1 is 1.15 bits per heavy atom. The van der Waals surface area contributed by atoms with Gasteiger partial charge in [0.1, 0.15) is 0 Å². The maximum absolute atomic E-state index is 10.2. The molecule has 0 saturated heterocycles. The Hall–Kier alpha value is -0.0400. The second-order valence-corrected chi connectivity index (χ2v) is 5.57. The van der Waals surface area contributed by atoms with Gasteiger partial charge in [-0.05, 0) is 43.4 Å². The highest BCUT2D eigenvalue weighted by molar-refractivity contribution is 4.96. The number of hydrogen-bond acceptors (Lipinski definition) is 1. The summed E-state index contributed by atoms with van der Waals surface area (Å²) in [6, 6.07) is 0. The van der Waals surface area contributed by atoms with Crippen LogP contribution in [0.1, 0.15) is 47.5 Å². The summed E-state index contributed by atoms with van der Waals surface area (Å²) < 4.78 is 0. The molecule has 1 saturated carbocycles. The number of hydrogen-bond donors (Lipinski definition) is 1. The molecule has 78 valence electrons. The van der Waals surface area contributed by atoms with Crippen LogP contribution in [0.25, 0.3) is 0 Å². The van der Waals surface area contributed by atoms with E-state index in [9.17, 15) is 5.11 Å². The smallest absolute Gasteiger partial charge is 0.0653 e. The maximum Gasteiger partial charge on any atom is 0.0653 e. The average Bonchev–Trinajstić information content (AvgIpc) is 2.24. The molecule has 0 amide bonds. The van der Waals surface area contributed by atoms with Crippen molar-refractivity contribution in [2.75, 3.05) is 0 Å². The molecule has 1 rings (SSSR count). The van der Waals surface area contributed by atoms with E-state index in [2.05, 4.69) is 27.7 Å². The van der Waals surface area contributed by atoms with Gasteiger partial charge in [-0.1, -0.05) is 27.7 Å². The highest BCUT2D eigenvalue weighted by Gasteiger charge is 2.45. The first kappa shape index (κ1) is 11.0. The topological polar surface area (TPSA) is 20.2 Å². The first-order chi connectivity index (χ1) is 5.86. The normalized spacial score (nSPS) is 40.6. The van der Waals surface area contributed by atoms with E-state index in [1.165, 1.54) is 6.42 Å². The Balaban J connectivity index is 2.80. The third-order valence-electron chi connectivity index (χ3n) is 3.74. The van der Waals surface area contributed by atoms with Crippen molar-refractivity contribution in [2.24, 2.45) is 23.7 Å². The molecule has 0 bridgehead atoms. The van der Waals surface area contributed by atoms with E-state index in [4.69, 9.17) is 0 Å². The summed E-state index contributed by atoms with van der Waals surface area (Å²) in [5.74, 6) is 2.52. The summed E-state index contributed by atoms with van der Waals surface area (Å²) in [5.41, 5.74) is -0.414. The van der Waals surface area contributed by atoms with Gasteiger partial charge in [0, 0.05) is 0 Å². The molecule has 3 unspecified atom stereocenters. The Bertz CT molecular complexity index is 170. The Morgan fingerprint density at radius 2 is 1.69 bits per heavy atom. The predicted molar refractivity (Wildman–Crippen MR) is 56.5 cm³/mol. The van der Waals surface area contributed by atoms with Crippen LogP contribution in [-0.2, 0) is 0 Å². The van der Waals surface area contributed by atoms with Crippen molar-refractivity contribution in [3.05, 3.63) is 0 Å². The summed E-state index contributed by atoms with van der Waals surface area (Å²) in [6.45, 7) is 11.0. The minimum atomic E-state index is -0.414. The zero-order chi connectivity index (χ0) is 10.2. The summed E-state index contributed by atoms with van der Waals surface area (Å²) in [7, 11) is 0. The van der Waals surface area contributed by atoms with Crippen LogP contribution in [0.2, 0.25) is 0 Å². The summed E-state index contributed by atoms with van der Waals surface area (Å²) in [6.07, 6.45) is 2.19. The fraction of sp³-hybridized carbons (Fsp3) is 1.00. The summed E-state index contributed by atoms with van der Waals surface area (Å²) in [4.78, 5) is 0. The van der Waals surface area contributed by atoms with Crippen LogP contribution in [0, 0.1) is 23.7 Å². The minimum absolute atomic E-state index is 0.414. The van der Waals surface area contributed by atoms with E-state index in [1.54, 1.807) is 0 Å². The lowest BCUT2D eigenvalue weighted by atomic mass is 9.75. The van der Waals surface area contributed by atoms with Crippen LogP contribution in [0.5, 0.6) is 0 Å². The van der Waals surface area contributed by atoms with Gasteiger partial charge in [0.25, 0.3) is 0 Å². The van der Waals surface area contributed by atoms with Crippen molar-refractivity contribution in [1.29, 1.82) is 0 Å². The standard InChI is InChI=1S/C12H24O/c1-8(2)10-6-7-12(5,13)11(10)9(3)4/h8-11,13H,6-7H2,1-5H3. The van der Waals surface area contributed by atoms with Crippen LogP contribution in [-0.4, -0.2) is 10.7 Å². The van der Waals surface area contributed by atoms with Crippen molar-refractivity contribution >= 4 is 0 Å². The van der Waals surface area contributed by atoms with Gasteiger partial charge in [-0.15, -0.1) is 0 Å². The lowest BCUT2D eigenvalue weighted by Crippen LogP contribution is -2.36. The van der Waals surface area contributed by atoms with Gasteiger partial charge in [-0.25, -0.2) is 0 Å². The fourth-order valence-electron chi connectivity index (χ4n) is 3.23. The minimum Gasteiger partial charge on any atom is -0.390 e. The first-order valence-corrected chi connectivity index (χ1v) is 5.58. The molecule has 0 aromatic rings. The van der Waals surface area contributed by atoms with E-state index < -0.39 is 5.60 Å². The Kier molecular flexibility index (Phi) is 3.06. The van der Waals surface area contributed by atoms with Crippen LogP contribution in [0.4, 0.5) is 0 Å². The van der Waals surface area contributed by atoms with Crippen LogP contribution in [0.15, 0.2) is 0 Å². The van der Waals surface area contributed by atoms with Crippen LogP contribution >= 0.6 is 0 Å². The third kappa shape index (κ3) is 2.07. The largest absolute Gasteiger partial charge is 0.390 e. The van der Waals surface area contributed by atoms with E-state index in [0.717, 1.165) is 12.3 Å². The van der Waals surface area contributed by atoms with Crippen LogP contribution in [0.3, 0.4) is 0 Å². The molecule has 0 aromatic heterocycles. The molecule has 1 N–H and O–H groups in total. The van der Waals surface area contributed by atoms with Gasteiger partial charge >= 0.3 is 0 Å². The summed E-state index contributed by atoms with van der Waals surface area (Å²) >= 11 is 0. The van der Waals surface area contributed by atoms with Gasteiger partial charge in [-0.3, -0.25) is 0 Å². The van der Waals surface area contributed by atoms with Crippen molar-refractivity contribution in [2.45, 2.75) is 53.1 Å². The molecular formula is C12H24O. The van der Waals surface area contributed by atoms with Gasteiger partial charge in [0.15, 0.2) is 0 Å². The quantitative estimate of drug-likeness (QED) is 0.699. The molecule has 13 heavy (non-hydrogen) atoms. The highest BCUT2D eigenvalue weighted by Crippen LogP contribution is 2.47. The van der Waals surface area contributed by atoms with Crippen molar-refractivity contribution in [3.8, 4) is 0 Å². The van der Waals surface area contributed by atoms with Crippen molar-refractivity contribution in [1.82, 2.24) is 0 Å². The molecule has 1 fully saturated rings. The SMILES string of the molecule is CC(C)C1CCC(C)(O)C1C(C)C. The van der Waals surface area contributed by atoms with Crippen molar-refractivity contribution < 1.29 is 5.11 Å². The maximum atomic E-state index is 10.2. The van der Waals surface area contributed by atoms with E-state index in [1.807, 2.05) is 6.92 Å². The van der Waals surface area contributed by atoms with Gasteiger partial charge < -0.3 is 5.11 Å². The van der Waals surface area contributed by atoms with E-state index in [-0.39, 0.29) is 0 Å².